The van der Waals surface area contributed by atoms with Gasteiger partial charge in [0.15, 0.2) is 0 Å². The van der Waals surface area contributed by atoms with Gasteiger partial charge in [-0.05, 0) is 36.1 Å². The lowest BCUT2D eigenvalue weighted by molar-refractivity contribution is -0.0395. The average molecular weight is 237 g/mol. The molecule has 1 fully saturated rings. The number of aliphatic hydroxyl groups excluding tert-OH is 2. The van der Waals surface area contributed by atoms with E-state index in [-0.39, 0.29) is 17.8 Å². The summed E-state index contributed by atoms with van der Waals surface area (Å²) in [5.74, 6) is -0.127. The van der Waals surface area contributed by atoms with E-state index in [0.717, 1.165) is 17.5 Å². The van der Waals surface area contributed by atoms with Crippen molar-refractivity contribution in [2.45, 2.75) is 43.6 Å². The van der Waals surface area contributed by atoms with Crippen molar-refractivity contribution in [2.75, 3.05) is 0 Å². The zero-order chi connectivity index (χ0) is 12.0. The number of nitrogens with one attached hydrogen (secondary N) is 1. The number of benzene rings is 1. The minimum Gasteiger partial charge on any atom is -0.390 e. The summed E-state index contributed by atoms with van der Waals surface area (Å²) in [4.78, 5) is 0. The Hall–Kier alpha value is -0.970. The van der Waals surface area contributed by atoms with E-state index in [9.17, 15) is 14.6 Å². The fourth-order valence-corrected chi connectivity index (χ4v) is 3.09. The third-order valence-electron chi connectivity index (χ3n) is 4.00. The van der Waals surface area contributed by atoms with E-state index < -0.39 is 12.2 Å². The van der Waals surface area contributed by atoms with E-state index >= 15 is 0 Å². The number of rotatable bonds is 0. The third-order valence-corrected chi connectivity index (χ3v) is 4.00. The van der Waals surface area contributed by atoms with Gasteiger partial charge in [-0.2, -0.15) is 0 Å². The van der Waals surface area contributed by atoms with E-state index in [1.165, 1.54) is 6.07 Å². The molecule has 1 aromatic carbocycles. The molecule has 0 unspecified atom stereocenters. The largest absolute Gasteiger partial charge is 0.390 e. The second-order valence-corrected chi connectivity index (χ2v) is 4.99. The molecule has 0 spiro atoms. The van der Waals surface area contributed by atoms with Crippen LogP contribution in [-0.4, -0.2) is 28.5 Å². The Morgan fingerprint density at radius 2 is 2.06 bits per heavy atom. The van der Waals surface area contributed by atoms with Crippen molar-refractivity contribution in [2.24, 2.45) is 0 Å². The molecule has 3 N–H and O–H groups in total. The highest BCUT2D eigenvalue weighted by atomic mass is 19.1. The van der Waals surface area contributed by atoms with Crippen molar-refractivity contribution in [3.63, 3.8) is 0 Å². The molecule has 4 atom stereocenters. The van der Waals surface area contributed by atoms with Gasteiger partial charge in [0.25, 0.3) is 0 Å². The van der Waals surface area contributed by atoms with Crippen molar-refractivity contribution in [3.8, 4) is 0 Å². The van der Waals surface area contributed by atoms with Gasteiger partial charge in [-0.1, -0.05) is 6.07 Å². The lowest BCUT2D eigenvalue weighted by Gasteiger charge is -2.43. The molecule has 1 saturated carbocycles. The summed E-state index contributed by atoms with van der Waals surface area (Å²) in [5, 5.41) is 22.9. The fraction of sp³-hybridized carbons (Fsp3) is 0.538. The molecule has 1 aliphatic heterocycles. The quantitative estimate of drug-likeness (QED) is 0.628. The molecule has 1 heterocycles. The average Bonchev–Trinajstić information content (AvgIpc) is 2.33. The second kappa shape index (κ2) is 4.05. The third kappa shape index (κ3) is 1.76. The predicted octanol–water partition coefficient (Wildman–Crippen LogP) is 0.897. The molecule has 0 aromatic heterocycles. The molecule has 92 valence electrons. The molecular formula is C13H16FNO2. The summed E-state index contributed by atoms with van der Waals surface area (Å²) < 4.78 is 13.3. The van der Waals surface area contributed by atoms with Gasteiger partial charge >= 0.3 is 0 Å². The number of hydrogen-bond acceptors (Lipinski definition) is 3. The number of aliphatic hydroxyl groups is 2. The number of fused-ring (bicyclic) bond motifs is 3. The first-order chi connectivity index (χ1) is 8.16. The van der Waals surface area contributed by atoms with Crippen LogP contribution < -0.4 is 5.32 Å². The van der Waals surface area contributed by atoms with Crippen molar-refractivity contribution in [3.05, 3.63) is 35.1 Å². The topological polar surface area (TPSA) is 52.5 Å². The van der Waals surface area contributed by atoms with Gasteiger partial charge in [0.2, 0.25) is 0 Å². The van der Waals surface area contributed by atoms with Crippen LogP contribution in [0.3, 0.4) is 0 Å². The Balaban J connectivity index is 1.98. The van der Waals surface area contributed by atoms with Crippen LogP contribution >= 0.6 is 0 Å². The SMILES string of the molecule is O[C@H]1[C@@H]2NCc3ccc(F)cc3[C@@H]2CC[C@H]1O. The van der Waals surface area contributed by atoms with Gasteiger partial charge in [0.1, 0.15) is 5.82 Å². The van der Waals surface area contributed by atoms with Crippen LogP contribution in [0.5, 0.6) is 0 Å². The van der Waals surface area contributed by atoms with Gasteiger partial charge < -0.3 is 15.5 Å². The van der Waals surface area contributed by atoms with Gasteiger partial charge in [-0.15, -0.1) is 0 Å². The van der Waals surface area contributed by atoms with Crippen LogP contribution in [-0.2, 0) is 6.54 Å². The van der Waals surface area contributed by atoms with Gasteiger partial charge in [-0.3, -0.25) is 0 Å². The van der Waals surface area contributed by atoms with Crippen molar-refractivity contribution < 1.29 is 14.6 Å². The molecule has 17 heavy (non-hydrogen) atoms. The molecule has 1 aromatic rings. The zero-order valence-electron chi connectivity index (χ0n) is 9.44. The first-order valence-corrected chi connectivity index (χ1v) is 6.04. The Bertz CT molecular complexity index is 437. The minimum absolute atomic E-state index is 0.104. The van der Waals surface area contributed by atoms with Crippen LogP contribution in [0, 0.1) is 5.82 Å². The zero-order valence-corrected chi connectivity index (χ0v) is 9.44. The summed E-state index contributed by atoms with van der Waals surface area (Å²) in [5.41, 5.74) is 2.08. The van der Waals surface area contributed by atoms with Gasteiger partial charge in [0, 0.05) is 18.5 Å². The normalized spacial score (nSPS) is 36.2. The molecule has 4 heteroatoms. The van der Waals surface area contributed by atoms with Crippen LogP contribution in [0.2, 0.25) is 0 Å². The molecule has 3 rings (SSSR count). The summed E-state index contributed by atoms with van der Waals surface area (Å²) in [6.07, 6.45) is -0.0733. The monoisotopic (exact) mass is 237 g/mol. The molecule has 0 saturated heterocycles. The molecule has 0 radical (unpaired) electrons. The molecule has 0 bridgehead atoms. The molecular weight excluding hydrogens is 221 g/mol. The van der Waals surface area contributed by atoms with E-state index in [4.69, 9.17) is 0 Å². The Labute approximate surface area is 99.3 Å². The van der Waals surface area contributed by atoms with E-state index in [1.54, 1.807) is 12.1 Å². The Morgan fingerprint density at radius 3 is 2.88 bits per heavy atom. The van der Waals surface area contributed by atoms with E-state index in [1.807, 2.05) is 0 Å². The predicted molar refractivity (Wildman–Crippen MR) is 61.0 cm³/mol. The molecule has 2 aliphatic rings. The van der Waals surface area contributed by atoms with Gasteiger partial charge in [0.05, 0.1) is 12.2 Å². The first-order valence-electron chi connectivity index (χ1n) is 6.04. The lowest BCUT2D eigenvalue weighted by atomic mass is 9.73. The smallest absolute Gasteiger partial charge is 0.123 e. The first kappa shape index (κ1) is 11.1. The Kier molecular flexibility index (Phi) is 2.65. The van der Waals surface area contributed by atoms with Crippen LogP contribution in [0.15, 0.2) is 18.2 Å². The van der Waals surface area contributed by atoms with Gasteiger partial charge in [-0.25, -0.2) is 4.39 Å². The molecule has 0 amide bonds. The van der Waals surface area contributed by atoms with E-state index in [2.05, 4.69) is 5.32 Å². The maximum absolute atomic E-state index is 13.3. The van der Waals surface area contributed by atoms with Crippen molar-refractivity contribution >= 4 is 0 Å². The summed E-state index contributed by atoms with van der Waals surface area (Å²) >= 11 is 0. The molecule has 3 nitrogen and oxygen atoms in total. The summed E-state index contributed by atoms with van der Waals surface area (Å²) in [6.45, 7) is 0.626. The highest BCUT2D eigenvalue weighted by Crippen LogP contribution is 2.38. The Morgan fingerprint density at radius 1 is 1.24 bits per heavy atom. The van der Waals surface area contributed by atoms with E-state index in [0.29, 0.717) is 13.0 Å². The maximum Gasteiger partial charge on any atom is 0.123 e. The van der Waals surface area contributed by atoms with Crippen molar-refractivity contribution in [1.29, 1.82) is 0 Å². The number of hydrogen-bond donors (Lipinski definition) is 3. The standard InChI is InChI=1S/C13H16FNO2/c14-8-2-1-7-6-15-12-9(10(7)5-8)3-4-11(16)13(12)17/h1-2,5,9,11-13,15-17H,3-4,6H2/t9-,11+,12+,13+/m0/s1. The minimum atomic E-state index is -0.759. The van der Waals surface area contributed by atoms with Crippen LogP contribution in [0.1, 0.15) is 29.9 Å². The lowest BCUT2D eigenvalue weighted by Crippen LogP contribution is -2.54. The fourth-order valence-electron chi connectivity index (χ4n) is 3.09. The van der Waals surface area contributed by atoms with Crippen LogP contribution in [0.4, 0.5) is 4.39 Å². The highest BCUT2D eigenvalue weighted by Gasteiger charge is 2.40. The number of halogens is 1. The van der Waals surface area contributed by atoms with Crippen LogP contribution in [0.25, 0.3) is 0 Å². The summed E-state index contributed by atoms with van der Waals surface area (Å²) in [7, 11) is 0. The highest BCUT2D eigenvalue weighted by molar-refractivity contribution is 5.35. The van der Waals surface area contributed by atoms with Crippen molar-refractivity contribution in [1.82, 2.24) is 5.32 Å². The molecule has 1 aliphatic carbocycles. The second-order valence-electron chi connectivity index (χ2n) is 4.99. The maximum atomic E-state index is 13.3. The summed E-state index contributed by atoms with van der Waals surface area (Å²) in [6, 6.07) is 4.67.